The van der Waals surface area contributed by atoms with Crippen molar-refractivity contribution in [1.29, 1.82) is 0 Å². The number of unbranched alkanes of at least 4 members (excludes halogenated alkanes) is 1. The summed E-state index contributed by atoms with van der Waals surface area (Å²) < 4.78 is 24.5. The molecule has 0 fully saturated rings. The molecule has 0 saturated heterocycles. The highest BCUT2D eigenvalue weighted by atomic mass is 19.1. The van der Waals surface area contributed by atoms with Gasteiger partial charge in [-0.1, -0.05) is 26.0 Å². The molecule has 5 heteroatoms. The van der Waals surface area contributed by atoms with Gasteiger partial charge in [0, 0.05) is 7.05 Å². The molecule has 0 aliphatic heterocycles. The normalized spacial score (nSPS) is 10.5. The predicted octanol–water partition coefficient (Wildman–Crippen LogP) is 3.54. The summed E-state index contributed by atoms with van der Waals surface area (Å²) in [5, 5.41) is 2.38. The Balaban J connectivity index is 2.41. The summed E-state index contributed by atoms with van der Waals surface area (Å²) in [4.78, 5) is 10.9. The van der Waals surface area contributed by atoms with Gasteiger partial charge in [0.1, 0.15) is 0 Å². The zero-order chi connectivity index (χ0) is 15.7. The molecule has 1 rings (SSSR count). The molecule has 118 valence electrons. The summed E-state index contributed by atoms with van der Waals surface area (Å²) in [6.45, 7) is 4.88. The summed E-state index contributed by atoms with van der Waals surface area (Å²) in [7, 11) is 1.51. The first kappa shape index (κ1) is 17.3. The number of carbonyl (C=O) groups is 1. The van der Waals surface area contributed by atoms with Gasteiger partial charge >= 0.3 is 6.09 Å². The number of aryl methyl sites for hydroxylation is 1. The summed E-state index contributed by atoms with van der Waals surface area (Å²) in [6, 6.07) is 5.21. The standard InChI is InChI=1S/C16H24FNO3/c1-12(2)11-21-14-9-6-8-13(15(14)17)7-4-5-10-20-16(19)18-3/h6,8-9,12H,4-5,7,10-11H2,1-3H3,(H,18,19). The number of benzene rings is 1. The van der Waals surface area contributed by atoms with Crippen molar-refractivity contribution < 1.29 is 18.7 Å². The van der Waals surface area contributed by atoms with Crippen molar-refractivity contribution in [1.82, 2.24) is 5.32 Å². The first-order chi connectivity index (χ1) is 10.0. The van der Waals surface area contributed by atoms with E-state index in [0.717, 1.165) is 6.42 Å². The summed E-state index contributed by atoms with van der Waals surface area (Å²) >= 11 is 0. The second-order valence-corrected chi connectivity index (χ2v) is 5.28. The van der Waals surface area contributed by atoms with E-state index in [9.17, 15) is 9.18 Å². The van der Waals surface area contributed by atoms with Crippen LogP contribution in [0.25, 0.3) is 0 Å². The van der Waals surface area contributed by atoms with Gasteiger partial charge in [0.15, 0.2) is 11.6 Å². The molecule has 1 N–H and O–H groups in total. The van der Waals surface area contributed by atoms with Crippen molar-refractivity contribution in [2.75, 3.05) is 20.3 Å². The van der Waals surface area contributed by atoms with E-state index in [1.807, 2.05) is 13.8 Å². The van der Waals surface area contributed by atoms with Crippen molar-refractivity contribution >= 4 is 6.09 Å². The molecule has 0 saturated carbocycles. The van der Waals surface area contributed by atoms with Crippen LogP contribution in [0.5, 0.6) is 5.75 Å². The van der Waals surface area contributed by atoms with Crippen LogP contribution in [0.3, 0.4) is 0 Å². The van der Waals surface area contributed by atoms with Gasteiger partial charge in [0.25, 0.3) is 0 Å². The van der Waals surface area contributed by atoms with Crippen LogP contribution in [0.1, 0.15) is 32.3 Å². The van der Waals surface area contributed by atoms with E-state index in [2.05, 4.69) is 5.32 Å². The van der Waals surface area contributed by atoms with Crippen LogP contribution in [0, 0.1) is 11.7 Å². The Morgan fingerprint density at radius 1 is 1.33 bits per heavy atom. The molecule has 0 bridgehead atoms. The third-order valence-electron chi connectivity index (χ3n) is 2.89. The second kappa shape index (κ2) is 9.21. The lowest BCUT2D eigenvalue weighted by Gasteiger charge is -2.12. The highest BCUT2D eigenvalue weighted by molar-refractivity contribution is 5.66. The fourth-order valence-corrected chi connectivity index (χ4v) is 1.77. The predicted molar refractivity (Wildman–Crippen MR) is 80.1 cm³/mol. The van der Waals surface area contributed by atoms with Gasteiger partial charge in [-0.25, -0.2) is 9.18 Å². The average Bonchev–Trinajstić information content (AvgIpc) is 2.46. The minimum absolute atomic E-state index is 0.287. The van der Waals surface area contributed by atoms with Crippen LogP contribution in [0.2, 0.25) is 0 Å². The van der Waals surface area contributed by atoms with Crippen LogP contribution >= 0.6 is 0 Å². The molecule has 0 aliphatic carbocycles. The Kier molecular flexibility index (Phi) is 7.58. The van der Waals surface area contributed by atoms with E-state index in [1.165, 1.54) is 7.05 Å². The van der Waals surface area contributed by atoms with Gasteiger partial charge in [-0.15, -0.1) is 0 Å². The lowest BCUT2D eigenvalue weighted by atomic mass is 10.1. The molecule has 0 aliphatic rings. The van der Waals surface area contributed by atoms with E-state index in [0.29, 0.717) is 43.3 Å². The molecular formula is C16H24FNO3. The van der Waals surface area contributed by atoms with Gasteiger partial charge in [0.2, 0.25) is 0 Å². The molecule has 0 unspecified atom stereocenters. The molecule has 1 aromatic carbocycles. The van der Waals surface area contributed by atoms with Crippen molar-refractivity contribution in [3.8, 4) is 5.75 Å². The number of amides is 1. The molecule has 21 heavy (non-hydrogen) atoms. The Labute approximate surface area is 125 Å². The van der Waals surface area contributed by atoms with Crippen molar-refractivity contribution in [2.45, 2.75) is 33.1 Å². The van der Waals surface area contributed by atoms with Gasteiger partial charge in [-0.05, 0) is 36.8 Å². The van der Waals surface area contributed by atoms with Crippen molar-refractivity contribution in [3.63, 3.8) is 0 Å². The topological polar surface area (TPSA) is 47.6 Å². The number of rotatable bonds is 8. The van der Waals surface area contributed by atoms with Crippen LogP contribution in [0.15, 0.2) is 18.2 Å². The molecule has 1 amide bonds. The van der Waals surface area contributed by atoms with E-state index in [1.54, 1.807) is 18.2 Å². The summed E-state index contributed by atoms with van der Waals surface area (Å²) in [6.07, 6.45) is 1.61. The SMILES string of the molecule is CNC(=O)OCCCCc1cccc(OCC(C)C)c1F. The molecule has 0 atom stereocenters. The number of carbonyl (C=O) groups excluding carboxylic acids is 1. The Bertz CT molecular complexity index is 449. The van der Waals surface area contributed by atoms with Crippen LogP contribution in [0.4, 0.5) is 9.18 Å². The average molecular weight is 297 g/mol. The smallest absolute Gasteiger partial charge is 0.406 e. The number of halogens is 1. The van der Waals surface area contributed by atoms with Gasteiger partial charge in [-0.2, -0.15) is 0 Å². The van der Waals surface area contributed by atoms with E-state index < -0.39 is 6.09 Å². The Morgan fingerprint density at radius 2 is 2.10 bits per heavy atom. The fourth-order valence-electron chi connectivity index (χ4n) is 1.77. The quantitative estimate of drug-likeness (QED) is 0.747. The van der Waals surface area contributed by atoms with Crippen LogP contribution < -0.4 is 10.1 Å². The number of alkyl carbamates (subject to hydrolysis) is 1. The molecule has 1 aromatic rings. The summed E-state index contributed by atoms with van der Waals surface area (Å²) in [5.41, 5.74) is 0.635. The first-order valence-corrected chi connectivity index (χ1v) is 7.29. The molecular weight excluding hydrogens is 273 g/mol. The highest BCUT2D eigenvalue weighted by Crippen LogP contribution is 2.22. The van der Waals surface area contributed by atoms with Gasteiger partial charge < -0.3 is 14.8 Å². The summed E-state index contributed by atoms with van der Waals surface area (Å²) in [5.74, 6) is 0.378. The third kappa shape index (κ3) is 6.47. The highest BCUT2D eigenvalue weighted by Gasteiger charge is 2.09. The van der Waals surface area contributed by atoms with Gasteiger partial charge in [-0.3, -0.25) is 0 Å². The minimum atomic E-state index is -0.440. The molecule has 0 aromatic heterocycles. The monoisotopic (exact) mass is 297 g/mol. The second-order valence-electron chi connectivity index (χ2n) is 5.28. The maximum atomic E-state index is 14.2. The first-order valence-electron chi connectivity index (χ1n) is 7.29. The van der Waals surface area contributed by atoms with Crippen LogP contribution in [-0.4, -0.2) is 26.4 Å². The largest absolute Gasteiger partial charge is 0.490 e. The van der Waals surface area contributed by atoms with E-state index >= 15 is 0 Å². The molecule has 0 heterocycles. The lowest BCUT2D eigenvalue weighted by molar-refractivity contribution is 0.146. The van der Waals surface area contributed by atoms with Crippen molar-refractivity contribution in [2.24, 2.45) is 5.92 Å². The zero-order valence-corrected chi connectivity index (χ0v) is 12.9. The molecule has 0 radical (unpaired) electrons. The number of hydrogen-bond acceptors (Lipinski definition) is 3. The maximum absolute atomic E-state index is 14.2. The fraction of sp³-hybridized carbons (Fsp3) is 0.562. The Morgan fingerprint density at radius 3 is 2.76 bits per heavy atom. The van der Waals surface area contributed by atoms with Crippen LogP contribution in [-0.2, 0) is 11.2 Å². The van der Waals surface area contributed by atoms with E-state index in [4.69, 9.17) is 9.47 Å². The van der Waals surface area contributed by atoms with E-state index in [-0.39, 0.29) is 5.82 Å². The molecule has 0 spiro atoms. The number of nitrogens with one attached hydrogen (secondary N) is 1. The lowest BCUT2D eigenvalue weighted by Crippen LogP contribution is -2.19. The molecule has 4 nitrogen and oxygen atoms in total. The minimum Gasteiger partial charge on any atom is -0.490 e. The van der Waals surface area contributed by atoms with Gasteiger partial charge in [0.05, 0.1) is 13.2 Å². The maximum Gasteiger partial charge on any atom is 0.406 e. The zero-order valence-electron chi connectivity index (χ0n) is 12.9. The third-order valence-corrected chi connectivity index (χ3v) is 2.89. The van der Waals surface area contributed by atoms with Crippen molar-refractivity contribution in [3.05, 3.63) is 29.6 Å². The Hall–Kier alpha value is -1.78. The number of hydrogen-bond donors (Lipinski definition) is 1. The number of ether oxygens (including phenoxy) is 2.